The molecule has 3 amide bonds. The second-order valence-corrected chi connectivity index (χ2v) is 8.74. The fraction of sp³-hybridized carbons (Fsp3) is 0.609. The summed E-state index contributed by atoms with van der Waals surface area (Å²) in [6.07, 6.45) is 2.22. The Morgan fingerprint density at radius 2 is 1.35 bits per heavy atom. The van der Waals surface area contributed by atoms with Gasteiger partial charge in [-0.25, -0.2) is 0 Å². The molecule has 2 heterocycles. The first-order valence-electron chi connectivity index (χ1n) is 11.2. The summed E-state index contributed by atoms with van der Waals surface area (Å²) >= 11 is 0. The van der Waals surface area contributed by atoms with Crippen LogP contribution in [0.2, 0.25) is 0 Å². The van der Waals surface area contributed by atoms with Crippen LogP contribution in [0.25, 0.3) is 0 Å². The zero-order chi connectivity index (χ0) is 22.4. The minimum atomic E-state index is -0.228. The molecule has 2 aliphatic rings. The molecule has 0 aromatic heterocycles. The lowest BCUT2D eigenvalue weighted by Crippen LogP contribution is -2.52. The minimum Gasteiger partial charge on any atom is -0.346 e. The van der Waals surface area contributed by atoms with E-state index in [9.17, 15) is 14.4 Å². The van der Waals surface area contributed by atoms with E-state index in [1.54, 1.807) is 0 Å². The summed E-state index contributed by atoms with van der Waals surface area (Å²) in [6.45, 7) is 11.5. The quantitative estimate of drug-likeness (QED) is 0.673. The van der Waals surface area contributed by atoms with Gasteiger partial charge < -0.3 is 15.5 Å². The molecule has 2 saturated heterocycles. The van der Waals surface area contributed by atoms with Crippen LogP contribution < -0.4 is 10.6 Å². The molecule has 8 heteroatoms. The highest BCUT2D eigenvalue weighted by Crippen LogP contribution is 2.21. The Hall–Kier alpha value is -2.45. The maximum atomic E-state index is 12.3. The van der Waals surface area contributed by atoms with Crippen molar-refractivity contribution in [2.24, 2.45) is 0 Å². The van der Waals surface area contributed by atoms with Gasteiger partial charge in [0.1, 0.15) is 0 Å². The molecule has 1 aromatic carbocycles. The highest BCUT2D eigenvalue weighted by molar-refractivity contribution is 5.96. The smallest absolute Gasteiger partial charge is 0.243 e. The average molecular weight is 430 g/mol. The number of rotatable bonds is 7. The number of carbonyl (C=O) groups is 3. The topological polar surface area (TPSA) is 85.0 Å². The van der Waals surface area contributed by atoms with Gasteiger partial charge in [0.15, 0.2) is 0 Å². The van der Waals surface area contributed by atoms with Crippen molar-refractivity contribution in [3.05, 3.63) is 28.8 Å². The van der Waals surface area contributed by atoms with E-state index in [2.05, 4.69) is 20.4 Å². The van der Waals surface area contributed by atoms with Crippen molar-refractivity contribution in [3.63, 3.8) is 0 Å². The fourth-order valence-corrected chi connectivity index (χ4v) is 4.36. The molecule has 0 unspecified atom stereocenters. The third kappa shape index (κ3) is 6.77. The number of aryl methyl sites for hydroxylation is 3. The molecule has 1 aromatic rings. The van der Waals surface area contributed by atoms with Gasteiger partial charge in [0.05, 0.1) is 19.6 Å². The number of amides is 3. The first-order valence-corrected chi connectivity index (χ1v) is 11.2. The summed E-state index contributed by atoms with van der Waals surface area (Å²) in [5, 5.41) is 5.62. The summed E-state index contributed by atoms with van der Waals surface area (Å²) < 4.78 is 0. The Labute approximate surface area is 184 Å². The van der Waals surface area contributed by atoms with E-state index in [4.69, 9.17) is 0 Å². The molecule has 0 radical (unpaired) electrons. The van der Waals surface area contributed by atoms with Crippen molar-refractivity contribution in [3.8, 4) is 0 Å². The second-order valence-electron chi connectivity index (χ2n) is 8.74. The Bertz CT molecular complexity index is 788. The molecule has 0 spiro atoms. The molecule has 0 saturated carbocycles. The largest absolute Gasteiger partial charge is 0.346 e. The van der Waals surface area contributed by atoms with Crippen molar-refractivity contribution in [2.45, 2.75) is 33.6 Å². The van der Waals surface area contributed by atoms with E-state index in [-0.39, 0.29) is 30.8 Å². The van der Waals surface area contributed by atoms with Crippen molar-refractivity contribution < 1.29 is 14.4 Å². The van der Waals surface area contributed by atoms with Crippen LogP contribution in [0, 0.1) is 20.8 Å². The molecule has 0 atom stereocenters. The summed E-state index contributed by atoms with van der Waals surface area (Å²) in [7, 11) is 0. The molecule has 31 heavy (non-hydrogen) atoms. The van der Waals surface area contributed by atoms with E-state index >= 15 is 0 Å². The summed E-state index contributed by atoms with van der Waals surface area (Å²) in [5.74, 6) is -0.170. The van der Waals surface area contributed by atoms with Crippen LogP contribution in [0.4, 0.5) is 5.69 Å². The van der Waals surface area contributed by atoms with Gasteiger partial charge in [-0.15, -0.1) is 0 Å². The average Bonchev–Trinajstić information content (AvgIpc) is 3.26. The van der Waals surface area contributed by atoms with Gasteiger partial charge in [0.2, 0.25) is 17.7 Å². The van der Waals surface area contributed by atoms with Gasteiger partial charge >= 0.3 is 0 Å². The highest BCUT2D eigenvalue weighted by Gasteiger charge is 2.24. The Morgan fingerprint density at radius 1 is 0.806 bits per heavy atom. The SMILES string of the molecule is Cc1cc(C)c(NC(=O)CNC(=O)CN2CCN(CC(=O)N3CCCC3)CC2)c(C)c1. The molecular weight excluding hydrogens is 394 g/mol. The number of hydrogen-bond donors (Lipinski definition) is 2. The van der Waals surface area contributed by atoms with Gasteiger partial charge in [-0.3, -0.25) is 24.2 Å². The number of anilines is 1. The van der Waals surface area contributed by atoms with Gasteiger partial charge in [-0.2, -0.15) is 0 Å². The fourth-order valence-electron chi connectivity index (χ4n) is 4.36. The number of nitrogens with one attached hydrogen (secondary N) is 2. The minimum absolute atomic E-state index is 0.0457. The van der Waals surface area contributed by atoms with Crippen molar-refractivity contribution in [2.75, 3.05) is 64.2 Å². The molecule has 2 N–H and O–H groups in total. The zero-order valence-corrected chi connectivity index (χ0v) is 19.0. The number of hydrogen-bond acceptors (Lipinski definition) is 5. The number of benzene rings is 1. The molecular formula is C23H35N5O3. The van der Waals surface area contributed by atoms with Crippen molar-refractivity contribution in [1.82, 2.24) is 20.0 Å². The highest BCUT2D eigenvalue weighted by atomic mass is 16.2. The molecule has 8 nitrogen and oxygen atoms in total. The van der Waals surface area contributed by atoms with E-state index in [0.29, 0.717) is 6.54 Å². The van der Waals surface area contributed by atoms with E-state index in [0.717, 1.165) is 74.5 Å². The number of piperazine rings is 1. The van der Waals surface area contributed by atoms with Crippen LogP contribution in [0.1, 0.15) is 29.5 Å². The standard InChI is InChI=1S/C23H35N5O3/c1-17-12-18(2)23(19(3)13-17)25-20(29)14-24-21(30)15-26-8-10-27(11-9-26)16-22(31)28-6-4-5-7-28/h12-13H,4-11,14-16H2,1-3H3,(H,24,30)(H,25,29). The summed E-state index contributed by atoms with van der Waals surface area (Å²) in [5.41, 5.74) is 3.99. The van der Waals surface area contributed by atoms with Crippen molar-refractivity contribution in [1.29, 1.82) is 0 Å². The third-order valence-electron chi connectivity index (χ3n) is 6.04. The maximum absolute atomic E-state index is 12.3. The zero-order valence-electron chi connectivity index (χ0n) is 19.0. The van der Waals surface area contributed by atoms with E-state index in [1.165, 1.54) is 0 Å². The lowest BCUT2D eigenvalue weighted by molar-refractivity contribution is -0.132. The maximum Gasteiger partial charge on any atom is 0.243 e. The number of likely N-dealkylation sites (tertiary alicyclic amines) is 1. The Morgan fingerprint density at radius 3 is 1.94 bits per heavy atom. The summed E-state index contributed by atoms with van der Waals surface area (Å²) in [6, 6.07) is 4.05. The molecule has 2 fully saturated rings. The van der Waals surface area contributed by atoms with Crippen molar-refractivity contribution >= 4 is 23.4 Å². The lowest BCUT2D eigenvalue weighted by Gasteiger charge is -2.34. The predicted molar refractivity (Wildman–Crippen MR) is 121 cm³/mol. The van der Waals surface area contributed by atoms with Crippen LogP contribution >= 0.6 is 0 Å². The first-order chi connectivity index (χ1) is 14.8. The monoisotopic (exact) mass is 429 g/mol. The van der Waals surface area contributed by atoms with Gasteiger partial charge in [-0.1, -0.05) is 17.7 Å². The van der Waals surface area contributed by atoms with Crippen LogP contribution in [-0.4, -0.2) is 91.3 Å². The van der Waals surface area contributed by atoms with Crippen LogP contribution in [0.15, 0.2) is 12.1 Å². The number of nitrogens with zero attached hydrogens (tertiary/aromatic N) is 3. The molecule has 0 aliphatic carbocycles. The Kier molecular flexibility index (Phi) is 8.03. The first kappa shape index (κ1) is 23.2. The van der Waals surface area contributed by atoms with Crippen LogP contribution in [0.3, 0.4) is 0 Å². The predicted octanol–water partition coefficient (Wildman–Crippen LogP) is 0.907. The van der Waals surface area contributed by atoms with E-state index in [1.807, 2.05) is 37.8 Å². The molecule has 170 valence electrons. The number of carbonyl (C=O) groups excluding carboxylic acids is 3. The molecule has 2 aliphatic heterocycles. The Balaban J connectivity index is 1.35. The van der Waals surface area contributed by atoms with Gasteiger partial charge in [-0.05, 0) is 44.7 Å². The lowest BCUT2D eigenvalue weighted by atomic mass is 10.1. The summed E-state index contributed by atoms with van der Waals surface area (Å²) in [4.78, 5) is 43.0. The third-order valence-corrected chi connectivity index (χ3v) is 6.04. The molecule has 0 bridgehead atoms. The van der Waals surface area contributed by atoms with Gasteiger partial charge in [0, 0.05) is 45.0 Å². The second kappa shape index (κ2) is 10.7. The normalized spacial score (nSPS) is 17.6. The van der Waals surface area contributed by atoms with Crippen LogP contribution in [0.5, 0.6) is 0 Å². The van der Waals surface area contributed by atoms with E-state index < -0.39 is 0 Å². The molecule has 3 rings (SSSR count). The van der Waals surface area contributed by atoms with Gasteiger partial charge in [0.25, 0.3) is 0 Å². The van der Waals surface area contributed by atoms with Crippen LogP contribution in [-0.2, 0) is 14.4 Å².